The number of halogens is 1. The van der Waals surface area contributed by atoms with Crippen molar-refractivity contribution in [3.05, 3.63) is 76.9 Å². The normalized spacial score (nSPS) is 11.6. The Morgan fingerprint density at radius 3 is 2.24 bits per heavy atom. The van der Waals surface area contributed by atoms with Gasteiger partial charge in [-0.15, -0.1) is 11.3 Å². The zero-order valence-electron chi connectivity index (χ0n) is 15.8. The monoisotopic (exact) mass is 411 g/mol. The second-order valence-corrected chi connectivity index (χ2v) is 7.42. The number of Topliss-reactive ketones (excluding diaryl/α,β-unsaturated/α-hetero) is 1. The van der Waals surface area contributed by atoms with Gasteiger partial charge in [-0.1, -0.05) is 12.1 Å². The number of benzene rings is 2. The van der Waals surface area contributed by atoms with Gasteiger partial charge in [0.05, 0.1) is 0 Å². The minimum atomic E-state index is -1.01. The molecule has 29 heavy (non-hydrogen) atoms. The molecule has 0 aliphatic rings. The van der Waals surface area contributed by atoms with Crippen LogP contribution in [0.1, 0.15) is 33.9 Å². The number of rotatable bonds is 6. The summed E-state index contributed by atoms with van der Waals surface area (Å²) >= 11 is 1.20. The summed E-state index contributed by atoms with van der Waals surface area (Å²) in [4.78, 5) is 37.0. The maximum absolute atomic E-state index is 13.0. The Labute approximate surface area is 171 Å². The number of anilines is 1. The third-order valence-electron chi connectivity index (χ3n) is 4.15. The van der Waals surface area contributed by atoms with Crippen LogP contribution in [0.15, 0.2) is 60.7 Å². The minimum Gasteiger partial charge on any atom is -0.448 e. The summed E-state index contributed by atoms with van der Waals surface area (Å²) in [5, 5.41) is 2.64. The van der Waals surface area contributed by atoms with Crippen molar-refractivity contribution in [1.29, 1.82) is 0 Å². The van der Waals surface area contributed by atoms with Gasteiger partial charge in [-0.3, -0.25) is 9.59 Å². The highest BCUT2D eigenvalue weighted by molar-refractivity contribution is 7.17. The molecule has 1 N–H and O–H groups in total. The topological polar surface area (TPSA) is 72.5 Å². The minimum absolute atomic E-state index is 0.0684. The summed E-state index contributed by atoms with van der Waals surface area (Å²) in [5.41, 5.74) is 1.82. The molecule has 3 aromatic rings. The highest BCUT2D eigenvalue weighted by Crippen LogP contribution is 2.29. The van der Waals surface area contributed by atoms with E-state index >= 15 is 0 Å². The van der Waals surface area contributed by atoms with E-state index in [1.807, 2.05) is 0 Å². The average Bonchev–Trinajstić information content (AvgIpc) is 3.19. The number of esters is 1. The molecule has 0 saturated carbocycles. The summed E-state index contributed by atoms with van der Waals surface area (Å²) in [7, 11) is 0. The molecule has 0 aliphatic carbocycles. The smallest absolute Gasteiger partial charge is 0.349 e. The third-order valence-corrected chi connectivity index (χ3v) is 5.26. The number of thiophene rings is 1. The number of carbonyl (C=O) groups excluding carboxylic acids is 3. The summed E-state index contributed by atoms with van der Waals surface area (Å²) in [6.07, 6.45) is -1.01. The Morgan fingerprint density at radius 2 is 1.62 bits per heavy atom. The number of nitrogens with one attached hydrogen (secondary N) is 1. The maximum atomic E-state index is 13.0. The quantitative estimate of drug-likeness (QED) is 0.461. The molecule has 7 heteroatoms. The molecule has 1 unspecified atom stereocenters. The van der Waals surface area contributed by atoms with Crippen LogP contribution < -0.4 is 5.32 Å². The fraction of sp³-hybridized carbons (Fsp3) is 0.136. The predicted molar refractivity (Wildman–Crippen MR) is 110 cm³/mol. The van der Waals surface area contributed by atoms with Crippen molar-refractivity contribution in [1.82, 2.24) is 0 Å². The lowest BCUT2D eigenvalue weighted by atomic mass is 10.1. The molecule has 0 aliphatic heterocycles. The van der Waals surface area contributed by atoms with Crippen molar-refractivity contribution in [3.63, 3.8) is 0 Å². The van der Waals surface area contributed by atoms with Crippen LogP contribution in [-0.4, -0.2) is 23.8 Å². The molecule has 1 atom stereocenters. The van der Waals surface area contributed by atoms with Gasteiger partial charge >= 0.3 is 5.97 Å². The molecule has 0 saturated heterocycles. The fourth-order valence-electron chi connectivity index (χ4n) is 2.52. The molecule has 0 radical (unpaired) electrons. The highest BCUT2D eigenvalue weighted by Gasteiger charge is 2.20. The van der Waals surface area contributed by atoms with Crippen LogP contribution in [0.5, 0.6) is 0 Å². The SMILES string of the molecule is CC(=O)c1ccc(NC(=O)C(C)OC(=O)c2ccc(-c3ccc(F)cc3)s2)cc1. The first-order valence-electron chi connectivity index (χ1n) is 8.82. The molecular weight excluding hydrogens is 393 g/mol. The zero-order chi connectivity index (χ0) is 21.0. The number of ether oxygens (including phenoxy) is 1. The number of hydrogen-bond acceptors (Lipinski definition) is 5. The Morgan fingerprint density at radius 1 is 0.966 bits per heavy atom. The predicted octanol–water partition coefficient (Wildman–Crippen LogP) is 4.94. The van der Waals surface area contributed by atoms with Crippen LogP contribution in [0.25, 0.3) is 10.4 Å². The molecule has 1 heterocycles. The van der Waals surface area contributed by atoms with Crippen molar-refractivity contribution in [2.75, 3.05) is 5.32 Å². The number of amides is 1. The van der Waals surface area contributed by atoms with Crippen LogP contribution in [-0.2, 0) is 9.53 Å². The van der Waals surface area contributed by atoms with Crippen molar-refractivity contribution < 1.29 is 23.5 Å². The maximum Gasteiger partial charge on any atom is 0.349 e. The second kappa shape index (κ2) is 8.79. The van der Waals surface area contributed by atoms with E-state index in [0.29, 0.717) is 16.1 Å². The Hall–Kier alpha value is -3.32. The molecule has 1 amide bonds. The van der Waals surface area contributed by atoms with E-state index in [2.05, 4.69) is 5.32 Å². The van der Waals surface area contributed by atoms with Gasteiger partial charge in [-0.2, -0.15) is 0 Å². The fourth-order valence-corrected chi connectivity index (χ4v) is 3.42. The Kier molecular flexibility index (Phi) is 6.19. The van der Waals surface area contributed by atoms with Gasteiger partial charge in [0.25, 0.3) is 5.91 Å². The summed E-state index contributed by atoms with van der Waals surface area (Å²) in [6, 6.07) is 15.7. The average molecular weight is 411 g/mol. The molecule has 5 nitrogen and oxygen atoms in total. The highest BCUT2D eigenvalue weighted by atomic mass is 32.1. The van der Waals surface area contributed by atoms with Crippen molar-refractivity contribution in [2.24, 2.45) is 0 Å². The van der Waals surface area contributed by atoms with Gasteiger partial charge < -0.3 is 10.1 Å². The van der Waals surface area contributed by atoms with Gasteiger partial charge in [0.15, 0.2) is 11.9 Å². The lowest BCUT2D eigenvalue weighted by Crippen LogP contribution is -2.29. The molecule has 148 valence electrons. The van der Waals surface area contributed by atoms with E-state index in [0.717, 1.165) is 10.4 Å². The Bertz CT molecular complexity index is 1040. The second-order valence-electron chi connectivity index (χ2n) is 6.34. The summed E-state index contributed by atoms with van der Waals surface area (Å²) in [5.74, 6) is -1.50. The van der Waals surface area contributed by atoms with Gasteiger partial charge in [0.2, 0.25) is 0 Å². The summed E-state index contributed by atoms with van der Waals surface area (Å²) < 4.78 is 18.3. The van der Waals surface area contributed by atoms with Gasteiger partial charge in [-0.05, 0) is 67.9 Å². The van der Waals surface area contributed by atoms with Crippen LogP contribution >= 0.6 is 11.3 Å². The molecular formula is C22H18FNO4S. The molecule has 1 aromatic heterocycles. The van der Waals surface area contributed by atoms with Crippen molar-refractivity contribution >= 4 is 34.7 Å². The lowest BCUT2D eigenvalue weighted by Gasteiger charge is -2.13. The van der Waals surface area contributed by atoms with Gasteiger partial charge in [0, 0.05) is 16.1 Å². The van der Waals surface area contributed by atoms with Gasteiger partial charge in [-0.25, -0.2) is 9.18 Å². The van der Waals surface area contributed by atoms with E-state index in [1.54, 1.807) is 48.5 Å². The largest absolute Gasteiger partial charge is 0.448 e. The van der Waals surface area contributed by atoms with Crippen LogP contribution in [0, 0.1) is 5.82 Å². The molecule has 3 rings (SSSR count). The standard InChI is InChI=1S/C22H18FNO4S/c1-13(25)15-5-9-18(10-6-15)24-21(26)14(2)28-22(27)20-12-11-19(29-20)16-3-7-17(23)8-4-16/h3-12,14H,1-2H3,(H,24,26). The number of ketones is 1. The van der Waals surface area contributed by atoms with E-state index in [1.165, 1.54) is 37.3 Å². The number of carbonyl (C=O) groups is 3. The molecule has 0 bridgehead atoms. The third kappa shape index (κ3) is 5.14. The van der Waals surface area contributed by atoms with Crippen LogP contribution in [0.2, 0.25) is 0 Å². The first-order chi connectivity index (χ1) is 13.8. The first kappa shape index (κ1) is 20.4. The number of hydrogen-bond donors (Lipinski definition) is 1. The molecule has 2 aromatic carbocycles. The van der Waals surface area contributed by atoms with E-state index in [4.69, 9.17) is 4.74 Å². The first-order valence-corrected chi connectivity index (χ1v) is 9.64. The zero-order valence-corrected chi connectivity index (χ0v) is 16.6. The van der Waals surface area contributed by atoms with Crippen LogP contribution in [0.3, 0.4) is 0 Å². The van der Waals surface area contributed by atoms with Crippen molar-refractivity contribution in [3.8, 4) is 10.4 Å². The van der Waals surface area contributed by atoms with E-state index in [-0.39, 0.29) is 11.6 Å². The van der Waals surface area contributed by atoms with E-state index < -0.39 is 18.0 Å². The summed E-state index contributed by atoms with van der Waals surface area (Å²) in [6.45, 7) is 2.94. The lowest BCUT2D eigenvalue weighted by molar-refractivity contribution is -0.123. The Balaban J connectivity index is 1.60. The van der Waals surface area contributed by atoms with E-state index in [9.17, 15) is 18.8 Å². The van der Waals surface area contributed by atoms with Crippen LogP contribution in [0.4, 0.5) is 10.1 Å². The molecule has 0 fully saturated rings. The molecule has 0 spiro atoms. The van der Waals surface area contributed by atoms with Crippen molar-refractivity contribution in [2.45, 2.75) is 20.0 Å². The van der Waals surface area contributed by atoms with Gasteiger partial charge in [0.1, 0.15) is 10.7 Å².